The van der Waals surface area contributed by atoms with Crippen LogP contribution < -0.4 is 0 Å². The molecule has 1 aliphatic carbocycles. The third-order valence-corrected chi connectivity index (χ3v) is 5.79. The van der Waals surface area contributed by atoms with Gasteiger partial charge in [-0.05, 0) is 36.4 Å². The number of alkyl halides is 6. The van der Waals surface area contributed by atoms with Crippen LogP contribution in [0, 0.1) is 0 Å². The van der Waals surface area contributed by atoms with Gasteiger partial charge in [-0.1, -0.05) is 106 Å². The maximum absolute atomic E-state index is 12.8. The number of esters is 2. The first-order chi connectivity index (χ1) is 19.7. The molecule has 1 aliphatic rings. The lowest BCUT2D eigenvalue weighted by molar-refractivity contribution is -0.124. The van der Waals surface area contributed by atoms with E-state index in [2.05, 4.69) is 0 Å². The Bertz CT molecular complexity index is 1170. The number of halogens is 6. The van der Waals surface area contributed by atoms with Gasteiger partial charge in [-0.3, -0.25) is 0 Å². The van der Waals surface area contributed by atoms with E-state index >= 15 is 0 Å². The zero-order valence-corrected chi connectivity index (χ0v) is 25.5. The van der Waals surface area contributed by atoms with Crippen LogP contribution in [-0.4, -0.2) is 69.5 Å². The number of carbonyl (C=O) groups excluding carboxylic acids is 4. The molecule has 0 aromatic heterocycles. The second-order valence-electron chi connectivity index (χ2n) is 8.33. The predicted molar refractivity (Wildman–Crippen MR) is 153 cm³/mol. The van der Waals surface area contributed by atoms with E-state index in [0.717, 1.165) is 0 Å². The van der Waals surface area contributed by atoms with Crippen molar-refractivity contribution in [3.63, 3.8) is 0 Å². The van der Waals surface area contributed by atoms with Crippen LogP contribution in [0.5, 0.6) is 0 Å². The Kier molecular flexibility index (Phi) is 12.3. The number of carbonyl (C=O) groups is 4. The lowest BCUT2D eigenvalue weighted by atomic mass is 9.95. The molecule has 42 heavy (non-hydrogen) atoms. The van der Waals surface area contributed by atoms with Gasteiger partial charge in [0.15, 0.2) is 24.4 Å². The van der Waals surface area contributed by atoms with Gasteiger partial charge >= 0.3 is 24.2 Å². The normalized spacial score (nSPS) is 20.1. The van der Waals surface area contributed by atoms with Gasteiger partial charge in [0.05, 0.1) is 11.1 Å². The summed E-state index contributed by atoms with van der Waals surface area (Å²) in [4.78, 5) is 50.9. The molecule has 3 rings (SSSR count). The Labute approximate surface area is 269 Å². The van der Waals surface area contributed by atoms with Gasteiger partial charge in [0, 0.05) is 0 Å². The molecule has 2 aromatic carbocycles. The Morgan fingerprint density at radius 1 is 0.548 bits per heavy atom. The minimum Gasteiger partial charge on any atom is -0.450 e. The molecule has 0 amide bonds. The van der Waals surface area contributed by atoms with Gasteiger partial charge in [-0.2, -0.15) is 0 Å². The highest BCUT2D eigenvalue weighted by molar-refractivity contribution is 6.68. The monoisotopic (exact) mass is 702 g/mol. The van der Waals surface area contributed by atoms with Crippen LogP contribution in [-0.2, 0) is 28.4 Å². The molecule has 2 aromatic rings. The van der Waals surface area contributed by atoms with E-state index in [1.807, 2.05) is 0 Å². The van der Waals surface area contributed by atoms with Crippen molar-refractivity contribution in [1.82, 2.24) is 0 Å². The topological polar surface area (TPSA) is 124 Å². The second-order valence-corrected chi connectivity index (χ2v) is 13.4. The third kappa shape index (κ3) is 11.2. The summed E-state index contributed by atoms with van der Waals surface area (Å²) < 4.78 is 27.4. The highest BCUT2D eigenvalue weighted by Crippen LogP contribution is 2.30. The average molecular weight is 705 g/mol. The summed E-state index contributed by atoms with van der Waals surface area (Å²) in [5.41, 5.74) is 0.307. The number of hydrogen-bond acceptors (Lipinski definition) is 10. The van der Waals surface area contributed by atoms with Crippen molar-refractivity contribution in [3.8, 4) is 0 Å². The molecule has 0 saturated carbocycles. The van der Waals surface area contributed by atoms with E-state index in [9.17, 15) is 19.2 Å². The highest BCUT2D eigenvalue weighted by Gasteiger charge is 2.47. The van der Waals surface area contributed by atoms with E-state index in [4.69, 9.17) is 98.0 Å². The standard InChI is InChI=1S/C26H20Cl6O10/c27-25(28,29)13-37-23(35)41-19-17(39-21(33)15-7-3-1-4-8-15)11-12-18(40-22(34)16-9-5-2-6-10-16)20(19)42-24(36)38-14-26(30,31)32/h1-12,17-20H,13-14H2/t17-,18-,19+,20+/m0/s1. The smallest absolute Gasteiger partial charge is 0.450 e. The lowest BCUT2D eigenvalue weighted by Gasteiger charge is -2.36. The maximum Gasteiger partial charge on any atom is 0.508 e. The first-order valence-corrected chi connectivity index (χ1v) is 14.0. The van der Waals surface area contributed by atoms with Crippen LogP contribution in [0.4, 0.5) is 9.59 Å². The van der Waals surface area contributed by atoms with Gasteiger partial charge in [-0.15, -0.1) is 0 Å². The van der Waals surface area contributed by atoms with E-state index in [-0.39, 0.29) is 11.1 Å². The Hall–Kier alpha value is -2.60. The second kappa shape index (κ2) is 15.2. The minimum atomic E-state index is -1.99. The summed E-state index contributed by atoms with van der Waals surface area (Å²) in [6.45, 7) is -1.45. The van der Waals surface area contributed by atoms with Gasteiger partial charge in [-0.25, -0.2) is 19.2 Å². The summed E-state index contributed by atoms with van der Waals surface area (Å²) in [6.07, 6.45) is -6.45. The van der Waals surface area contributed by atoms with Crippen LogP contribution >= 0.6 is 69.6 Å². The SMILES string of the molecule is O=C(OCC(Cl)(Cl)Cl)O[C@H]1[C@H](OC(=O)OCC(Cl)(Cl)Cl)[C@@H](OC(=O)c2ccccc2)C=C[C@@H]1OC(=O)c1ccccc1. The quantitative estimate of drug-likeness (QED) is 0.126. The molecule has 16 heteroatoms. The van der Waals surface area contributed by atoms with Crippen LogP contribution in [0.3, 0.4) is 0 Å². The molecule has 0 bridgehead atoms. The molecule has 10 nitrogen and oxygen atoms in total. The fourth-order valence-corrected chi connectivity index (χ4v) is 3.72. The molecule has 0 radical (unpaired) electrons. The number of benzene rings is 2. The molecular formula is C26H20Cl6O10. The number of rotatable bonds is 8. The van der Waals surface area contributed by atoms with Crippen molar-refractivity contribution in [3.05, 3.63) is 83.9 Å². The zero-order valence-electron chi connectivity index (χ0n) is 21.0. The van der Waals surface area contributed by atoms with Crippen molar-refractivity contribution in [2.24, 2.45) is 0 Å². The summed E-state index contributed by atoms with van der Waals surface area (Å²) in [7, 11) is 0. The fraction of sp³-hybridized carbons (Fsp3) is 0.308. The molecule has 0 N–H and O–H groups in total. The number of hydrogen-bond donors (Lipinski definition) is 0. The number of ether oxygens (including phenoxy) is 6. The van der Waals surface area contributed by atoms with Crippen molar-refractivity contribution in [1.29, 1.82) is 0 Å². The molecule has 4 atom stereocenters. The van der Waals surface area contributed by atoms with E-state index in [0.29, 0.717) is 0 Å². The van der Waals surface area contributed by atoms with E-state index in [1.54, 1.807) is 36.4 Å². The molecule has 226 valence electrons. The highest BCUT2D eigenvalue weighted by atomic mass is 35.6. The largest absolute Gasteiger partial charge is 0.508 e. The molecule has 0 aliphatic heterocycles. The summed E-state index contributed by atoms with van der Waals surface area (Å²) in [5.74, 6) is -1.66. The van der Waals surface area contributed by atoms with E-state index in [1.165, 1.54) is 36.4 Å². The van der Waals surface area contributed by atoms with Gasteiger partial charge in [0.2, 0.25) is 7.59 Å². The molecule has 0 fully saturated rings. The van der Waals surface area contributed by atoms with Crippen LogP contribution in [0.1, 0.15) is 20.7 Å². The van der Waals surface area contributed by atoms with Crippen LogP contribution in [0.2, 0.25) is 0 Å². The summed E-state index contributed by atoms with van der Waals surface area (Å²) in [5, 5.41) is 0. The van der Waals surface area contributed by atoms with Crippen molar-refractivity contribution in [2.45, 2.75) is 32.0 Å². The molecule has 0 spiro atoms. The van der Waals surface area contributed by atoms with Crippen molar-refractivity contribution in [2.75, 3.05) is 13.2 Å². The fourth-order valence-electron chi connectivity index (χ4n) is 3.40. The molecule has 0 unspecified atom stereocenters. The predicted octanol–water partition coefficient (Wildman–Crippen LogP) is 6.79. The average Bonchev–Trinajstić information content (AvgIpc) is 2.93. The minimum absolute atomic E-state index is 0.153. The first-order valence-electron chi connectivity index (χ1n) is 11.7. The van der Waals surface area contributed by atoms with Crippen LogP contribution in [0.25, 0.3) is 0 Å². The van der Waals surface area contributed by atoms with Gasteiger partial charge in [0.1, 0.15) is 13.2 Å². The lowest BCUT2D eigenvalue weighted by Crippen LogP contribution is -2.53. The van der Waals surface area contributed by atoms with Gasteiger partial charge in [0.25, 0.3) is 0 Å². The zero-order chi connectivity index (χ0) is 30.9. The summed E-state index contributed by atoms with van der Waals surface area (Å²) in [6, 6.07) is 15.7. The van der Waals surface area contributed by atoms with Crippen molar-refractivity contribution < 1.29 is 47.6 Å². The Morgan fingerprint density at radius 3 is 1.19 bits per heavy atom. The van der Waals surface area contributed by atoms with Gasteiger partial charge < -0.3 is 28.4 Å². The summed E-state index contributed by atoms with van der Waals surface area (Å²) >= 11 is 33.8. The third-order valence-electron chi connectivity index (χ3n) is 5.14. The molecular weight excluding hydrogens is 685 g/mol. The Morgan fingerprint density at radius 2 is 0.881 bits per heavy atom. The Balaban J connectivity index is 1.93. The first kappa shape index (κ1) is 33.9. The van der Waals surface area contributed by atoms with E-state index < -0.39 is 69.5 Å². The molecule has 0 saturated heterocycles. The van der Waals surface area contributed by atoms with Crippen molar-refractivity contribution >= 4 is 93.9 Å². The van der Waals surface area contributed by atoms with Crippen LogP contribution in [0.15, 0.2) is 72.8 Å². The maximum atomic E-state index is 12.8. The molecule has 0 heterocycles.